The first-order valence-corrected chi connectivity index (χ1v) is 5.22. The molecule has 0 aromatic rings. The van der Waals surface area contributed by atoms with Crippen molar-refractivity contribution in [1.82, 2.24) is 4.90 Å². The van der Waals surface area contributed by atoms with E-state index in [-0.39, 0.29) is 0 Å². The van der Waals surface area contributed by atoms with Crippen LogP contribution in [0.1, 0.15) is 34.1 Å². The van der Waals surface area contributed by atoms with E-state index < -0.39 is 0 Å². The number of hydrogen-bond donors (Lipinski definition) is 0. The van der Waals surface area contributed by atoms with Crippen LogP contribution in [0.3, 0.4) is 0 Å². The molecule has 0 aromatic heterocycles. The molecule has 0 aliphatic carbocycles. The van der Waals surface area contributed by atoms with Crippen molar-refractivity contribution in [3.63, 3.8) is 0 Å². The molecule has 0 radical (unpaired) electrons. The molecule has 2 heteroatoms. The van der Waals surface area contributed by atoms with E-state index >= 15 is 0 Å². The van der Waals surface area contributed by atoms with Crippen molar-refractivity contribution in [2.45, 2.75) is 34.1 Å². The van der Waals surface area contributed by atoms with Crippen molar-refractivity contribution in [2.75, 3.05) is 19.6 Å². The van der Waals surface area contributed by atoms with Gasteiger partial charge in [0.05, 0.1) is 0 Å². The van der Waals surface area contributed by atoms with Gasteiger partial charge in [-0.2, -0.15) is 0 Å². The highest BCUT2D eigenvalue weighted by atomic mass is 16.1. The van der Waals surface area contributed by atoms with Gasteiger partial charge in [-0.1, -0.05) is 27.7 Å². The highest BCUT2D eigenvalue weighted by Crippen LogP contribution is 2.03. The second kappa shape index (κ2) is 7.07. The van der Waals surface area contributed by atoms with Gasteiger partial charge in [0.1, 0.15) is 6.29 Å². The van der Waals surface area contributed by atoms with Gasteiger partial charge < -0.3 is 9.69 Å². The summed E-state index contributed by atoms with van der Waals surface area (Å²) in [5.74, 6) is 1.37. The number of rotatable bonds is 7. The van der Waals surface area contributed by atoms with Crippen LogP contribution in [0.4, 0.5) is 0 Å². The van der Waals surface area contributed by atoms with E-state index in [4.69, 9.17) is 0 Å². The van der Waals surface area contributed by atoms with Gasteiger partial charge in [0, 0.05) is 26.1 Å². The Morgan fingerprint density at radius 3 is 1.85 bits per heavy atom. The zero-order valence-corrected chi connectivity index (χ0v) is 9.42. The third kappa shape index (κ3) is 7.97. The summed E-state index contributed by atoms with van der Waals surface area (Å²) in [4.78, 5) is 12.6. The lowest BCUT2D eigenvalue weighted by atomic mass is 10.1. The van der Waals surface area contributed by atoms with E-state index in [9.17, 15) is 4.79 Å². The molecule has 0 bridgehead atoms. The summed E-state index contributed by atoms with van der Waals surface area (Å²) in [5, 5.41) is 0. The topological polar surface area (TPSA) is 20.3 Å². The van der Waals surface area contributed by atoms with Crippen LogP contribution < -0.4 is 0 Å². The predicted molar refractivity (Wildman–Crippen MR) is 56.8 cm³/mol. The summed E-state index contributed by atoms with van der Waals surface area (Å²) in [6.45, 7) is 12.0. The normalized spacial score (nSPS) is 11.6. The van der Waals surface area contributed by atoms with Gasteiger partial charge >= 0.3 is 0 Å². The van der Waals surface area contributed by atoms with E-state index in [1.807, 2.05) is 0 Å². The fourth-order valence-corrected chi connectivity index (χ4v) is 1.53. The van der Waals surface area contributed by atoms with Crippen molar-refractivity contribution >= 4 is 6.29 Å². The quantitative estimate of drug-likeness (QED) is 0.567. The Morgan fingerprint density at radius 2 is 1.54 bits per heavy atom. The molecule has 0 aromatic carbocycles. The summed E-state index contributed by atoms with van der Waals surface area (Å²) in [6.07, 6.45) is 1.67. The molecule has 0 fully saturated rings. The van der Waals surface area contributed by atoms with Gasteiger partial charge in [0.15, 0.2) is 0 Å². The van der Waals surface area contributed by atoms with Crippen molar-refractivity contribution in [3.8, 4) is 0 Å². The summed E-state index contributed by atoms with van der Waals surface area (Å²) in [6, 6.07) is 0. The lowest BCUT2D eigenvalue weighted by Crippen LogP contribution is -2.32. The number of nitrogens with zero attached hydrogens (tertiary/aromatic N) is 1. The first-order valence-electron chi connectivity index (χ1n) is 5.22. The molecule has 0 spiro atoms. The molecular formula is C11H23NO. The highest BCUT2D eigenvalue weighted by Gasteiger charge is 2.08. The van der Waals surface area contributed by atoms with Crippen LogP contribution in [0.2, 0.25) is 0 Å². The average molecular weight is 185 g/mol. The zero-order valence-electron chi connectivity index (χ0n) is 9.42. The highest BCUT2D eigenvalue weighted by molar-refractivity contribution is 5.49. The van der Waals surface area contributed by atoms with Crippen LogP contribution in [0.15, 0.2) is 0 Å². The fraction of sp³-hybridized carbons (Fsp3) is 0.909. The van der Waals surface area contributed by atoms with Gasteiger partial charge in [-0.25, -0.2) is 0 Å². The van der Waals surface area contributed by atoms with Crippen molar-refractivity contribution < 1.29 is 4.79 Å². The molecule has 0 unspecified atom stereocenters. The Kier molecular flexibility index (Phi) is 6.87. The maximum absolute atomic E-state index is 10.3. The van der Waals surface area contributed by atoms with Crippen molar-refractivity contribution in [2.24, 2.45) is 11.8 Å². The van der Waals surface area contributed by atoms with Crippen LogP contribution in [0.25, 0.3) is 0 Å². The van der Waals surface area contributed by atoms with Gasteiger partial charge in [0.2, 0.25) is 0 Å². The third-order valence-electron chi connectivity index (χ3n) is 1.81. The summed E-state index contributed by atoms with van der Waals surface area (Å²) in [7, 11) is 0. The maximum Gasteiger partial charge on any atom is 0.121 e. The van der Waals surface area contributed by atoms with Gasteiger partial charge in [-0.15, -0.1) is 0 Å². The van der Waals surface area contributed by atoms with E-state index in [2.05, 4.69) is 32.6 Å². The summed E-state index contributed by atoms with van der Waals surface area (Å²) >= 11 is 0. The second-order valence-electron chi connectivity index (χ2n) is 4.50. The van der Waals surface area contributed by atoms with E-state index in [0.717, 1.165) is 25.9 Å². The monoisotopic (exact) mass is 185 g/mol. The average Bonchev–Trinajstić information content (AvgIpc) is 1.98. The summed E-state index contributed by atoms with van der Waals surface area (Å²) in [5.41, 5.74) is 0. The van der Waals surface area contributed by atoms with E-state index in [1.54, 1.807) is 0 Å². The molecule has 0 aliphatic rings. The Balaban J connectivity index is 3.79. The van der Waals surface area contributed by atoms with Gasteiger partial charge in [-0.3, -0.25) is 0 Å². The van der Waals surface area contributed by atoms with Crippen LogP contribution in [0, 0.1) is 11.8 Å². The Hall–Kier alpha value is -0.370. The van der Waals surface area contributed by atoms with Gasteiger partial charge in [-0.05, 0) is 11.8 Å². The summed E-state index contributed by atoms with van der Waals surface area (Å²) < 4.78 is 0. The number of carbonyl (C=O) groups excluding carboxylic acids is 1. The fourth-order valence-electron chi connectivity index (χ4n) is 1.53. The first kappa shape index (κ1) is 12.6. The molecule has 0 N–H and O–H groups in total. The number of hydrogen-bond acceptors (Lipinski definition) is 2. The van der Waals surface area contributed by atoms with Crippen LogP contribution in [0.5, 0.6) is 0 Å². The molecule has 0 saturated heterocycles. The molecule has 2 nitrogen and oxygen atoms in total. The molecule has 0 saturated carbocycles. The SMILES string of the molecule is CC(C)CN(CCC=O)CC(C)C. The minimum absolute atomic E-state index is 0.666. The maximum atomic E-state index is 10.3. The lowest BCUT2D eigenvalue weighted by Gasteiger charge is -2.25. The lowest BCUT2D eigenvalue weighted by molar-refractivity contribution is -0.108. The van der Waals surface area contributed by atoms with E-state index in [1.165, 1.54) is 0 Å². The molecule has 0 aliphatic heterocycles. The second-order valence-corrected chi connectivity index (χ2v) is 4.50. The van der Waals surface area contributed by atoms with E-state index in [0.29, 0.717) is 18.3 Å². The molecule has 0 heterocycles. The van der Waals surface area contributed by atoms with Crippen molar-refractivity contribution in [1.29, 1.82) is 0 Å². The molecule has 0 atom stereocenters. The number of carbonyl (C=O) groups is 1. The minimum Gasteiger partial charge on any atom is -0.303 e. The molecule has 78 valence electrons. The standard InChI is InChI=1S/C11H23NO/c1-10(2)8-12(6-5-7-13)9-11(3)4/h7,10-11H,5-6,8-9H2,1-4H3. The van der Waals surface area contributed by atoms with Gasteiger partial charge in [0.25, 0.3) is 0 Å². The van der Waals surface area contributed by atoms with Crippen LogP contribution in [-0.4, -0.2) is 30.8 Å². The van der Waals surface area contributed by atoms with Crippen molar-refractivity contribution in [3.05, 3.63) is 0 Å². The number of aldehydes is 1. The Morgan fingerprint density at radius 1 is 1.08 bits per heavy atom. The molecular weight excluding hydrogens is 162 g/mol. The first-order chi connectivity index (χ1) is 6.06. The minimum atomic E-state index is 0.666. The molecule has 0 amide bonds. The largest absolute Gasteiger partial charge is 0.303 e. The molecule has 13 heavy (non-hydrogen) atoms. The predicted octanol–water partition coefficient (Wildman–Crippen LogP) is 2.19. The Labute approximate surface area is 82.3 Å². The Bertz CT molecular complexity index is 122. The molecule has 0 rings (SSSR count). The van der Waals surface area contributed by atoms with Crippen LogP contribution >= 0.6 is 0 Å². The zero-order chi connectivity index (χ0) is 10.3. The third-order valence-corrected chi connectivity index (χ3v) is 1.81. The van der Waals surface area contributed by atoms with Crippen LogP contribution in [-0.2, 0) is 4.79 Å². The smallest absolute Gasteiger partial charge is 0.121 e.